The summed E-state index contributed by atoms with van der Waals surface area (Å²) in [7, 11) is 1.68. The van der Waals surface area contributed by atoms with E-state index < -0.39 is 0 Å². The number of hydrogen-bond acceptors (Lipinski definition) is 1. The minimum Gasteiger partial charge on any atom is -0.384 e. The molecule has 1 rings (SSSR count). The third-order valence-corrected chi connectivity index (χ3v) is 2.60. The fourth-order valence-electron chi connectivity index (χ4n) is 1.45. The molecule has 0 atom stereocenters. The van der Waals surface area contributed by atoms with E-state index in [1.54, 1.807) is 7.11 Å². The quantitative estimate of drug-likeness (QED) is 0.674. The first-order valence-corrected chi connectivity index (χ1v) is 5.82. The van der Waals surface area contributed by atoms with Crippen LogP contribution < -0.4 is 0 Å². The third kappa shape index (κ3) is 4.59. The highest BCUT2D eigenvalue weighted by Crippen LogP contribution is 2.21. The van der Waals surface area contributed by atoms with Crippen molar-refractivity contribution < 1.29 is 4.74 Å². The molecule has 0 radical (unpaired) electrons. The minimum absolute atomic E-state index is 0.676. The van der Waals surface area contributed by atoms with E-state index in [0.717, 1.165) is 28.2 Å². The Labute approximate surface area is 108 Å². The number of ether oxygens (including phenoxy) is 1. The van der Waals surface area contributed by atoms with Gasteiger partial charge in [0.15, 0.2) is 0 Å². The molecule has 1 aromatic carbocycles. The molecule has 0 unspecified atom stereocenters. The predicted molar refractivity (Wildman–Crippen MR) is 75.3 cm³/mol. The van der Waals surface area contributed by atoms with Gasteiger partial charge in [0, 0.05) is 12.1 Å². The molecule has 0 amide bonds. The first-order chi connectivity index (χ1) is 8.17. The highest BCUT2D eigenvalue weighted by molar-refractivity contribution is 6.30. The Balaban J connectivity index is 2.87. The van der Waals surface area contributed by atoms with Gasteiger partial charge in [-0.15, -0.1) is 0 Å². The normalized spacial score (nSPS) is 11.3. The Bertz CT molecular complexity index is 432. The van der Waals surface area contributed by atoms with Gasteiger partial charge in [-0.2, -0.15) is 0 Å². The highest BCUT2D eigenvalue weighted by atomic mass is 35.5. The van der Waals surface area contributed by atoms with E-state index in [1.807, 2.05) is 36.4 Å². The zero-order chi connectivity index (χ0) is 12.7. The molecule has 17 heavy (non-hydrogen) atoms. The maximum Gasteiger partial charge on any atom is 0.0502 e. The largest absolute Gasteiger partial charge is 0.384 e. The van der Waals surface area contributed by atoms with E-state index in [1.165, 1.54) is 0 Å². The van der Waals surface area contributed by atoms with Crippen LogP contribution in [0.15, 0.2) is 55.1 Å². The van der Waals surface area contributed by atoms with Crippen LogP contribution in [-0.2, 0) is 4.74 Å². The van der Waals surface area contributed by atoms with Crippen molar-refractivity contribution in [3.63, 3.8) is 0 Å². The molecule has 0 aliphatic heterocycles. The van der Waals surface area contributed by atoms with Gasteiger partial charge in [0.25, 0.3) is 0 Å². The van der Waals surface area contributed by atoms with Gasteiger partial charge < -0.3 is 4.74 Å². The molecule has 0 heterocycles. The van der Waals surface area contributed by atoms with Gasteiger partial charge >= 0.3 is 0 Å². The van der Waals surface area contributed by atoms with Crippen molar-refractivity contribution in [2.75, 3.05) is 13.7 Å². The minimum atomic E-state index is 0.676. The van der Waals surface area contributed by atoms with Crippen molar-refractivity contribution in [3.8, 4) is 0 Å². The van der Waals surface area contributed by atoms with Crippen LogP contribution in [0.3, 0.4) is 0 Å². The molecule has 0 bridgehead atoms. The Morgan fingerprint density at radius 2 is 2.24 bits per heavy atom. The Morgan fingerprint density at radius 3 is 2.82 bits per heavy atom. The molecule has 1 aromatic rings. The van der Waals surface area contributed by atoms with Crippen molar-refractivity contribution in [1.29, 1.82) is 0 Å². The standard InChI is InChI=1S/C15H17ClO/c1-4-13(10-12(2)8-9-17-3)14-6-5-7-15(16)11-14/h4-7,10-11H,1-2,8-9H2,3H3. The summed E-state index contributed by atoms with van der Waals surface area (Å²) >= 11 is 5.96. The zero-order valence-electron chi connectivity index (χ0n) is 10.1. The lowest BCUT2D eigenvalue weighted by atomic mass is 10.0. The van der Waals surface area contributed by atoms with E-state index in [2.05, 4.69) is 13.2 Å². The SMILES string of the molecule is C=CC(=CC(=C)CCOC)c1cccc(Cl)c1. The lowest BCUT2D eigenvalue weighted by molar-refractivity contribution is 0.203. The summed E-state index contributed by atoms with van der Waals surface area (Å²) in [5.74, 6) is 0. The smallest absolute Gasteiger partial charge is 0.0502 e. The molecule has 0 saturated heterocycles. The summed E-state index contributed by atoms with van der Waals surface area (Å²) in [6.45, 7) is 8.48. The molecule has 90 valence electrons. The molecule has 0 aliphatic carbocycles. The van der Waals surface area contributed by atoms with Crippen LogP contribution in [0.4, 0.5) is 0 Å². The first-order valence-electron chi connectivity index (χ1n) is 5.44. The fourth-order valence-corrected chi connectivity index (χ4v) is 1.64. The lowest BCUT2D eigenvalue weighted by Gasteiger charge is -2.05. The second-order valence-corrected chi connectivity index (χ2v) is 4.15. The van der Waals surface area contributed by atoms with Crippen LogP contribution in [-0.4, -0.2) is 13.7 Å². The molecule has 2 heteroatoms. The number of allylic oxidation sites excluding steroid dienone is 3. The Hall–Kier alpha value is -1.31. The maximum atomic E-state index is 5.96. The van der Waals surface area contributed by atoms with Crippen LogP contribution in [0, 0.1) is 0 Å². The van der Waals surface area contributed by atoms with Crippen LogP contribution in [0.5, 0.6) is 0 Å². The number of benzene rings is 1. The van der Waals surface area contributed by atoms with Crippen LogP contribution in [0.25, 0.3) is 5.57 Å². The van der Waals surface area contributed by atoms with Crippen LogP contribution >= 0.6 is 11.6 Å². The zero-order valence-corrected chi connectivity index (χ0v) is 10.8. The number of halogens is 1. The third-order valence-electron chi connectivity index (χ3n) is 2.36. The molecule has 0 fully saturated rings. The second kappa shape index (κ2) is 7.10. The second-order valence-electron chi connectivity index (χ2n) is 3.72. The average Bonchev–Trinajstić information content (AvgIpc) is 2.33. The summed E-state index contributed by atoms with van der Waals surface area (Å²) in [5, 5.41) is 0.720. The van der Waals surface area contributed by atoms with Gasteiger partial charge in [-0.25, -0.2) is 0 Å². The Kier molecular flexibility index (Phi) is 5.75. The van der Waals surface area contributed by atoms with E-state index in [4.69, 9.17) is 16.3 Å². The van der Waals surface area contributed by atoms with Gasteiger partial charge in [-0.3, -0.25) is 0 Å². The van der Waals surface area contributed by atoms with Crippen molar-refractivity contribution >= 4 is 17.2 Å². The van der Waals surface area contributed by atoms with E-state index >= 15 is 0 Å². The lowest BCUT2D eigenvalue weighted by Crippen LogP contribution is -1.90. The molecule has 1 nitrogen and oxygen atoms in total. The average molecular weight is 249 g/mol. The predicted octanol–water partition coefficient (Wildman–Crippen LogP) is 4.50. The van der Waals surface area contributed by atoms with Crippen LogP contribution in [0.2, 0.25) is 5.02 Å². The summed E-state index contributed by atoms with van der Waals surface area (Å²) in [6, 6.07) is 7.69. The summed E-state index contributed by atoms with van der Waals surface area (Å²) in [6.07, 6.45) is 4.63. The van der Waals surface area contributed by atoms with E-state index in [9.17, 15) is 0 Å². The maximum absolute atomic E-state index is 5.96. The van der Waals surface area contributed by atoms with Gasteiger partial charge in [0.2, 0.25) is 0 Å². The summed E-state index contributed by atoms with van der Waals surface area (Å²) in [5.41, 5.74) is 3.08. The molecule has 0 aromatic heterocycles. The van der Waals surface area contributed by atoms with Crippen molar-refractivity contribution in [2.45, 2.75) is 6.42 Å². The molecular weight excluding hydrogens is 232 g/mol. The van der Waals surface area contributed by atoms with Gasteiger partial charge in [0.05, 0.1) is 6.61 Å². The highest BCUT2D eigenvalue weighted by Gasteiger charge is 1.99. The van der Waals surface area contributed by atoms with Crippen molar-refractivity contribution in [3.05, 3.63) is 65.7 Å². The van der Waals surface area contributed by atoms with Gasteiger partial charge in [-0.05, 0) is 29.7 Å². The number of rotatable bonds is 6. The first kappa shape index (κ1) is 13.8. The number of hydrogen-bond donors (Lipinski definition) is 0. The molecular formula is C15H17ClO. The molecule has 0 aliphatic rings. The fraction of sp³-hybridized carbons (Fsp3) is 0.200. The van der Waals surface area contributed by atoms with Crippen molar-refractivity contribution in [1.82, 2.24) is 0 Å². The topological polar surface area (TPSA) is 9.23 Å². The summed E-state index contributed by atoms with van der Waals surface area (Å²) in [4.78, 5) is 0. The monoisotopic (exact) mass is 248 g/mol. The summed E-state index contributed by atoms with van der Waals surface area (Å²) < 4.78 is 5.02. The number of methoxy groups -OCH3 is 1. The van der Waals surface area contributed by atoms with Crippen molar-refractivity contribution in [2.24, 2.45) is 0 Å². The molecule has 0 spiro atoms. The van der Waals surface area contributed by atoms with Gasteiger partial charge in [0.1, 0.15) is 0 Å². The Morgan fingerprint density at radius 1 is 1.47 bits per heavy atom. The van der Waals surface area contributed by atoms with E-state index in [-0.39, 0.29) is 0 Å². The van der Waals surface area contributed by atoms with Gasteiger partial charge in [-0.1, -0.05) is 54.6 Å². The molecule has 0 saturated carbocycles. The van der Waals surface area contributed by atoms with E-state index in [0.29, 0.717) is 6.61 Å². The van der Waals surface area contributed by atoms with Crippen LogP contribution in [0.1, 0.15) is 12.0 Å². The molecule has 0 N–H and O–H groups in total.